The van der Waals surface area contributed by atoms with Gasteiger partial charge in [-0.05, 0) is 29.4 Å². The highest BCUT2D eigenvalue weighted by molar-refractivity contribution is 6.01. The molecule has 0 spiro atoms. The van der Waals surface area contributed by atoms with E-state index in [1.165, 1.54) is 11.1 Å². The maximum absolute atomic E-state index is 12.7. The van der Waals surface area contributed by atoms with E-state index in [0.29, 0.717) is 31.5 Å². The summed E-state index contributed by atoms with van der Waals surface area (Å²) in [6, 6.07) is 6.25. The summed E-state index contributed by atoms with van der Waals surface area (Å²) in [5.41, 5.74) is 3.36. The quantitative estimate of drug-likeness (QED) is 0.723. The average molecular weight is 360 g/mol. The molecule has 2 rings (SSSR count). The van der Waals surface area contributed by atoms with Gasteiger partial charge in [-0.15, -0.1) is 0 Å². The lowest BCUT2D eigenvalue weighted by Gasteiger charge is -2.27. The number of nitrogens with zero attached hydrogens (tertiary/aromatic N) is 1. The standard InChI is InChI=1S/C21H32N2O3/c1-14(2)17-8-6-9-18(15(3)4)20(17)23-13-16(12-19(23)24)21(25)22-10-7-11-26-5/h6,8-9,14-16H,7,10-13H2,1-5H3,(H,22,25). The van der Waals surface area contributed by atoms with Gasteiger partial charge in [0.25, 0.3) is 0 Å². The van der Waals surface area contributed by atoms with Crippen molar-refractivity contribution >= 4 is 17.5 Å². The Kier molecular flexibility index (Phi) is 7.21. The molecule has 1 aromatic carbocycles. The van der Waals surface area contributed by atoms with Crippen LogP contribution < -0.4 is 10.2 Å². The number of amides is 2. The fraction of sp³-hybridized carbons (Fsp3) is 0.619. The minimum atomic E-state index is -0.287. The Balaban J connectivity index is 2.20. The fourth-order valence-electron chi connectivity index (χ4n) is 3.50. The third-order valence-electron chi connectivity index (χ3n) is 4.93. The van der Waals surface area contributed by atoms with Crippen molar-refractivity contribution in [2.75, 3.05) is 31.7 Å². The lowest BCUT2D eigenvalue weighted by molar-refractivity contribution is -0.126. The van der Waals surface area contributed by atoms with Crippen LogP contribution in [0.25, 0.3) is 0 Å². The van der Waals surface area contributed by atoms with E-state index in [0.717, 1.165) is 12.1 Å². The normalized spacial score (nSPS) is 17.4. The monoisotopic (exact) mass is 360 g/mol. The molecule has 1 aliphatic heterocycles. The number of ether oxygens (including phenoxy) is 1. The molecule has 0 radical (unpaired) electrons. The Morgan fingerprint density at radius 1 is 1.23 bits per heavy atom. The summed E-state index contributed by atoms with van der Waals surface area (Å²) in [5.74, 6) is 0.351. The van der Waals surface area contributed by atoms with Gasteiger partial charge in [0.1, 0.15) is 0 Å². The number of carbonyl (C=O) groups is 2. The highest BCUT2D eigenvalue weighted by Gasteiger charge is 2.37. The van der Waals surface area contributed by atoms with Gasteiger partial charge in [0.05, 0.1) is 11.6 Å². The van der Waals surface area contributed by atoms with Gasteiger partial charge in [-0.3, -0.25) is 9.59 Å². The molecule has 1 atom stereocenters. The molecule has 1 aliphatic rings. The van der Waals surface area contributed by atoms with Crippen LogP contribution in [-0.4, -0.2) is 38.6 Å². The highest BCUT2D eigenvalue weighted by atomic mass is 16.5. The number of hydrogen-bond acceptors (Lipinski definition) is 3. The van der Waals surface area contributed by atoms with Crippen LogP contribution >= 0.6 is 0 Å². The van der Waals surface area contributed by atoms with Gasteiger partial charge in [-0.2, -0.15) is 0 Å². The molecule has 1 heterocycles. The molecule has 1 N–H and O–H groups in total. The summed E-state index contributed by atoms with van der Waals surface area (Å²) < 4.78 is 5.00. The summed E-state index contributed by atoms with van der Waals surface area (Å²) in [7, 11) is 1.65. The van der Waals surface area contributed by atoms with E-state index in [4.69, 9.17) is 4.74 Å². The predicted octanol–water partition coefficient (Wildman–Crippen LogP) is 3.44. The van der Waals surface area contributed by atoms with Gasteiger partial charge in [0.2, 0.25) is 11.8 Å². The fourth-order valence-corrected chi connectivity index (χ4v) is 3.50. The first-order valence-electron chi connectivity index (χ1n) is 9.56. The second kappa shape index (κ2) is 9.17. The van der Waals surface area contributed by atoms with Gasteiger partial charge >= 0.3 is 0 Å². The first-order chi connectivity index (χ1) is 12.4. The number of nitrogens with one attached hydrogen (secondary N) is 1. The van der Waals surface area contributed by atoms with E-state index in [-0.39, 0.29) is 24.2 Å². The van der Waals surface area contributed by atoms with Crippen molar-refractivity contribution in [3.05, 3.63) is 29.3 Å². The Hall–Kier alpha value is -1.88. The van der Waals surface area contributed by atoms with Gasteiger partial charge in [0, 0.05) is 33.2 Å². The second-order valence-electron chi connectivity index (χ2n) is 7.64. The molecule has 1 fully saturated rings. The largest absolute Gasteiger partial charge is 0.385 e. The Morgan fingerprint density at radius 2 is 1.85 bits per heavy atom. The molecule has 0 aliphatic carbocycles. The zero-order valence-electron chi connectivity index (χ0n) is 16.7. The summed E-state index contributed by atoms with van der Waals surface area (Å²) in [5, 5.41) is 2.93. The molecule has 26 heavy (non-hydrogen) atoms. The van der Waals surface area contributed by atoms with Crippen LogP contribution in [0.1, 0.15) is 63.5 Å². The van der Waals surface area contributed by atoms with E-state index in [2.05, 4.69) is 51.2 Å². The molecule has 5 nitrogen and oxygen atoms in total. The maximum Gasteiger partial charge on any atom is 0.227 e. The minimum absolute atomic E-state index is 0.0370. The van der Waals surface area contributed by atoms with E-state index in [1.54, 1.807) is 7.11 Å². The Morgan fingerprint density at radius 3 is 2.38 bits per heavy atom. The van der Waals surface area contributed by atoms with E-state index < -0.39 is 0 Å². The summed E-state index contributed by atoms with van der Waals surface area (Å²) in [6.07, 6.45) is 1.06. The highest BCUT2D eigenvalue weighted by Crippen LogP contribution is 2.38. The Bertz CT molecular complexity index is 614. The van der Waals surface area contributed by atoms with Gasteiger partial charge in [-0.25, -0.2) is 0 Å². The summed E-state index contributed by atoms with van der Waals surface area (Å²) in [6.45, 7) is 10.2. The number of anilines is 1. The van der Waals surface area contributed by atoms with E-state index >= 15 is 0 Å². The Labute approximate surface area is 157 Å². The summed E-state index contributed by atoms with van der Waals surface area (Å²) >= 11 is 0. The zero-order chi connectivity index (χ0) is 19.3. The lowest BCUT2D eigenvalue weighted by atomic mass is 9.92. The van der Waals surface area contributed by atoms with Gasteiger partial charge in [0.15, 0.2) is 0 Å². The topological polar surface area (TPSA) is 58.6 Å². The SMILES string of the molecule is COCCCNC(=O)C1CC(=O)N(c2c(C(C)C)cccc2C(C)C)C1. The van der Waals surface area contributed by atoms with Crippen molar-refractivity contribution in [3.8, 4) is 0 Å². The van der Waals surface area contributed by atoms with Crippen LogP contribution in [0.2, 0.25) is 0 Å². The molecule has 0 saturated carbocycles. The second-order valence-corrected chi connectivity index (χ2v) is 7.64. The minimum Gasteiger partial charge on any atom is -0.385 e. The van der Waals surface area contributed by atoms with Crippen LogP contribution in [-0.2, 0) is 14.3 Å². The van der Waals surface area contributed by atoms with Crippen LogP contribution in [0.3, 0.4) is 0 Å². The van der Waals surface area contributed by atoms with E-state index in [1.807, 2.05) is 4.90 Å². The third kappa shape index (κ3) is 4.64. The molecule has 5 heteroatoms. The maximum atomic E-state index is 12.7. The molecule has 144 valence electrons. The average Bonchev–Trinajstić information content (AvgIpc) is 2.99. The van der Waals surface area contributed by atoms with Crippen LogP contribution in [0, 0.1) is 5.92 Å². The number of hydrogen-bond donors (Lipinski definition) is 1. The van der Waals surface area contributed by atoms with Crippen LogP contribution in [0.5, 0.6) is 0 Å². The lowest BCUT2D eigenvalue weighted by Crippen LogP contribution is -2.34. The van der Waals surface area contributed by atoms with Gasteiger partial charge < -0.3 is 15.0 Å². The molecule has 1 saturated heterocycles. The van der Waals surface area contributed by atoms with E-state index in [9.17, 15) is 9.59 Å². The molecule has 0 aromatic heterocycles. The molecular weight excluding hydrogens is 328 g/mol. The zero-order valence-corrected chi connectivity index (χ0v) is 16.7. The van der Waals surface area contributed by atoms with Gasteiger partial charge in [-0.1, -0.05) is 45.9 Å². The van der Waals surface area contributed by atoms with Crippen LogP contribution in [0.15, 0.2) is 18.2 Å². The van der Waals surface area contributed by atoms with Crippen molar-refractivity contribution in [2.24, 2.45) is 5.92 Å². The number of rotatable bonds is 8. The molecule has 2 amide bonds. The van der Waals surface area contributed by atoms with Crippen molar-refractivity contribution < 1.29 is 14.3 Å². The molecule has 0 bridgehead atoms. The first kappa shape index (κ1) is 20.4. The summed E-state index contributed by atoms with van der Waals surface area (Å²) in [4.78, 5) is 27.0. The van der Waals surface area contributed by atoms with Crippen molar-refractivity contribution in [1.29, 1.82) is 0 Å². The predicted molar refractivity (Wildman–Crippen MR) is 105 cm³/mol. The van der Waals surface area contributed by atoms with Crippen molar-refractivity contribution in [3.63, 3.8) is 0 Å². The van der Waals surface area contributed by atoms with Crippen molar-refractivity contribution in [1.82, 2.24) is 5.32 Å². The number of methoxy groups -OCH3 is 1. The smallest absolute Gasteiger partial charge is 0.227 e. The molecular formula is C21H32N2O3. The van der Waals surface area contributed by atoms with Crippen LogP contribution in [0.4, 0.5) is 5.69 Å². The number of benzene rings is 1. The molecule has 1 aromatic rings. The number of para-hydroxylation sites is 1. The number of carbonyl (C=O) groups excluding carboxylic acids is 2. The first-order valence-corrected chi connectivity index (χ1v) is 9.56. The van der Waals surface area contributed by atoms with Crippen molar-refractivity contribution in [2.45, 2.75) is 52.4 Å². The third-order valence-corrected chi connectivity index (χ3v) is 4.93. The molecule has 1 unspecified atom stereocenters.